The molecule has 0 aromatic carbocycles. The molecule has 1 aliphatic rings. The van der Waals surface area contributed by atoms with Crippen LogP contribution in [-0.4, -0.2) is 46.7 Å². The van der Waals surface area contributed by atoms with E-state index >= 15 is 0 Å². The first-order chi connectivity index (χ1) is 10.6. The highest BCUT2D eigenvalue weighted by Gasteiger charge is 2.26. The summed E-state index contributed by atoms with van der Waals surface area (Å²) in [5.74, 6) is 0.00532. The number of ether oxygens (including phenoxy) is 1. The second kappa shape index (κ2) is 6.04. The summed E-state index contributed by atoms with van der Waals surface area (Å²) < 4.78 is 11.0. The number of carbonyl (C=O) groups excluding carboxylic acids is 1. The second-order valence-electron chi connectivity index (χ2n) is 5.77. The fourth-order valence-electron chi connectivity index (χ4n) is 2.88. The summed E-state index contributed by atoms with van der Waals surface area (Å²) >= 11 is 0. The fraction of sp³-hybridized carbons (Fsp3) is 0.562. The van der Waals surface area contributed by atoms with E-state index < -0.39 is 0 Å². The van der Waals surface area contributed by atoms with E-state index in [-0.39, 0.29) is 12.0 Å². The van der Waals surface area contributed by atoms with Crippen molar-refractivity contribution in [3.8, 4) is 0 Å². The number of amides is 1. The normalized spacial score (nSPS) is 19.4. The van der Waals surface area contributed by atoms with Crippen molar-refractivity contribution in [1.82, 2.24) is 15.0 Å². The molecule has 0 spiro atoms. The molecule has 6 heteroatoms. The number of hydrogen-bond acceptors (Lipinski definition) is 5. The van der Waals surface area contributed by atoms with E-state index in [2.05, 4.69) is 17.1 Å². The van der Waals surface area contributed by atoms with Gasteiger partial charge in [-0.25, -0.2) is 4.98 Å². The average molecular weight is 303 g/mol. The lowest BCUT2D eigenvalue weighted by Gasteiger charge is -2.23. The lowest BCUT2D eigenvalue weighted by Crippen LogP contribution is -2.36. The standard InChI is InChI=1S/C16H21N3O3/c1-4-12-9-19(6-5-7-21-12)16(20)13-8-10(2)17-15-14(13)11(3)18-22-15/h8,12H,4-7,9H2,1-3H3. The third-order valence-corrected chi connectivity index (χ3v) is 4.07. The van der Waals surface area contributed by atoms with Gasteiger partial charge in [-0.15, -0.1) is 0 Å². The van der Waals surface area contributed by atoms with E-state index in [1.807, 2.05) is 24.8 Å². The minimum atomic E-state index is 0.00532. The van der Waals surface area contributed by atoms with E-state index in [4.69, 9.17) is 9.26 Å². The highest BCUT2D eigenvalue weighted by molar-refractivity contribution is 6.06. The van der Waals surface area contributed by atoms with Crippen LogP contribution in [0, 0.1) is 13.8 Å². The Hall–Kier alpha value is -1.95. The van der Waals surface area contributed by atoms with Crippen LogP contribution in [0.4, 0.5) is 0 Å². The molecule has 3 rings (SSSR count). The Kier molecular flexibility index (Phi) is 4.11. The monoisotopic (exact) mass is 303 g/mol. The summed E-state index contributed by atoms with van der Waals surface area (Å²) in [7, 11) is 0. The highest BCUT2D eigenvalue weighted by atomic mass is 16.5. The van der Waals surface area contributed by atoms with Gasteiger partial charge in [-0.3, -0.25) is 4.79 Å². The van der Waals surface area contributed by atoms with Crippen molar-refractivity contribution >= 4 is 17.0 Å². The molecule has 1 fully saturated rings. The van der Waals surface area contributed by atoms with Crippen molar-refractivity contribution in [3.05, 3.63) is 23.0 Å². The number of nitrogens with zero attached hydrogens (tertiary/aromatic N) is 3. The van der Waals surface area contributed by atoms with E-state index in [9.17, 15) is 4.79 Å². The van der Waals surface area contributed by atoms with Gasteiger partial charge in [0.15, 0.2) is 0 Å². The van der Waals surface area contributed by atoms with Gasteiger partial charge in [-0.1, -0.05) is 12.1 Å². The predicted molar refractivity (Wildman–Crippen MR) is 81.8 cm³/mol. The second-order valence-corrected chi connectivity index (χ2v) is 5.77. The molecule has 1 atom stereocenters. The molecule has 6 nitrogen and oxygen atoms in total. The zero-order valence-electron chi connectivity index (χ0n) is 13.3. The number of fused-ring (bicyclic) bond motifs is 1. The maximum absolute atomic E-state index is 13.0. The van der Waals surface area contributed by atoms with Crippen LogP contribution in [0.1, 0.15) is 41.5 Å². The Morgan fingerprint density at radius 2 is 2.27 bits per heavy atom. The molecule has 0 bridgehead atoms. The van der Waals surface area contributed by atoms with Crippen LogP contribution in [0.2, 0.25) is 0 Å². The van der Waals surface area contributed by atoms with Gasteiger partial charge in [0.05, 0.1) is 22.7 Å². The molecule has 1 unspecified atom stereocenters. The summed E-state index contributed by atoms with van der Waals surface area (Å²) in [5.41, 5.74) is 2.51. The maximum atomic E-state index is 13.0. The molecule has 0 radical (unpaired) electrons. The molecule has 3 heterocycles. The number of aromatic nitrogens is 2. The van der Waals surface area contributed by atoms with Crippen LogP contribution in [0.15, 0.2) is 10.6 Å². The predicted octanol–water partition coefficient (Wildman–Crippen LogP) is 2.48. The highest BCUT2D eigenvalue weighted by Crippen LogP contribution is 2.24. The molecular weight excluding hydrogens is 282 g/mol. The number of hydrogen-bond donors (Lipinski definition) is 0. The summed E-state index contributed by atoms with van der Waals surface area (Å²) in [6.45, 7) is 7.82. The van der Waals surface area contributed by atoms with E-state index in [0.29, 0.717) is 42.1 Å². The largest absolute Gasteiger partial charge is 0.376 e. The summed E-state index contributed by atoms with van der Waals surface area (Å²) in [4.78, 5) is 19.2. The van der Waals surface area contributed by atoms with Crippen LogP contribution in [0.3, 0.4) is 0 Å². The van der Waals surface area contributed by atoms with Gasteiger partial charge in [0, 0.05) is 25.4 Å². The Labute approximate surface area is 129 Å². The first kappa shape index (κ1) is 15.0. The molecule has 0 saturated carbocycles. The van der Waals surface area contributed by atoms with E-state index in [0.717, 1.165) is 18.5 Å². The molecule has 1 saturated heterocycles. The van der Waals surface area contributed by atoms with Gasteiger partial charge in [0.1, 0.15) is 0 Å². The molecule has 2 aromatic rings. The zero-order chi connectivity index (χ0) is 15.7. The smallest absolute Gasteiger partial charge is 0.258 e. The van der Waals surface area contributed by atoms with Crippen molar-refractivity contribution in [2.75, 3.05) is 19.7 Å². The zero-order valence-corrected chi connectivity index (χ0v) is 13.3. The Morgan fingerprint density at radius 1 is 1.45 bits per heavy atom. The third-order valence-electron chi connectivity index (χ3n) is 4.07. The van der Waals surface area contributed by atoms with Crippen LogP contribution < -0.4 is 0 Å². The lowest BCUT2D eigenvalue weighted by atomic mass is 10.1. The lowest BCUT2D eigenvalue weighted by molar-refractivity contribution is 0.0461. The van der Waals surface area contributed by atoms with Crippen LogP contribution in [-0.2, 0) is 4.74 Å². The Bertz CT molecular complexity index is 695. The van der Waals surface area contributed by atoms with Gasteiger partial charge in [-0.2, -0.15) is 0 Å². The summed E-state index contributed by atoms with van der Waals surface area (Å²) in [6, 6.07) is 1.82. The molecule has 22 heavy (non-hydrogen) atoms. The maximum Gasteiger partial charge on any atom is 0.258 e. The van der Waals surface area contributed by atoms with Gasteiger partial charge in [-0.05, 0) is 32.8 Å². The van der Waals surface area contributed by atoms with Gasteiger partial charge in [0.25, 0.3) is 11.6 Å². The quantitative estimate of drug-likeness (QED) is 0.852. The van der Waals surface area contributed by atoms with Crippen LogP contribution >= 0.6 is 0 Å². The van der Waals surface area contributed by atoms with Crippen molar-refractivity contribution < 1.29 is 14.1 Å². The molecule has 2 aromatic heterocycles. The topological polar surface area (TPSA) is 68.5 Å². The van der Waals surface area contributed by atoms with Crippen LogP contribution in [0.5, 0.6) is 0 Å². The molecule has 0 aliphatic carbocycles. The summed E-state index contributed by atoms with van der Waals surface area (Å²) in [6.07, 6.45) is 1.87. The number of carbonyl (C=O) groups is 1. The molecule has 1 aliphatic heterocycles. The van der Waals surface area contributed by atoms with Crippen molar-refractivity contribution in [2.24, 2.45) is 0 Å². The number of rotatable bonds is 2. The number of pyridine rings is 1. The first-order valence-corrected chi connectivity index (χ1v) is 7.74. The molecule has 1 amide bonds. The third kappa shape index (κ3) is 2.70. The SMILES string of the molecule is CCC1CN(C(=O)c2cc(C)nc3onc(C)c23)CCCO1. The van der Waals surface area contributed by atoms with Gasteiger partial charge >= 0.3 is 0 Å². The van der Waals surface area contributed by atoms with Crippen molar-refractivity contribution in [1.29, 1.82) is 0 Å². The Morgan fingerprint density at radius 3 is 3.05 bits per heavy atom. The minimum Gasteiger partial charge on any atom is -0.376 e. The van der Waals surface area contributed by atoms with E-state index in [1.165, 1.54) is 0 Å². The van der Waals surface area contributed by atoms with Crippen molar-refractivity contribution in [3.63, 3.8) is 0 Å². The summed E-state index contributed by atoms with van der Waals surface area (Å²) in [5, 5.41) is 4.66. The van der Waals surface area contributed by atoms with Gasteiger partial charge < -0.3 is 14.2 Å². The molecule has 0 N–H and O–H groups in total. The molecule has 118 valence electrons. The number of aryl methyl sites for hydroxylation is 2. The van der Waals surface area contributed by atoms with Gasteiger partial charge in [0.2, 0.25) is 0 Å². The Balaban J connectivity index is 1.99. The van der Waals surface area contributed by atoms with Crippen LogP contribution in [0.25, 0.3) is 11.1 Å². The van der Waals surface area contributed by atoms with Crippen molar-refractivity contribution in [2.45, 2.75) is 39.7 Å². The van der Waals surface area contributed by atoms with E-state index in [1.54, 1.807) is 0 Å². The first-order valence-electron chi connectivity index (χ1n) is 7.74. The fourth-order valence-corrected chi connectivity index (χ4v) is 2.88. The minimum absolute atomic E-state index is 0.00532. The molecular formula is C16H21N3O3. The average Bonchev–Trinajstić information content (AvgIpc) is 2.75.